The molecule has 1 aliphatic rings. The van der Waals surface area contributed by atoms with E-state index in [2.05, 4.69) is 33.3 Å². The summed E-state index contributed by atoms with van der Waals surface area (Å²) in [7, 11) is -1.44. The maximum Gasteiger partial charge on any atom is 0.211 e. The highest BCUT2D eigenvalue weighted by Gasteiger charge is 2.21. The summed E-state index contributed by atoms with van der Waals surface area (Å²) in [6.07, 6.45) is 1.75. The van der Waals surface area contributed by atoms with Crippen LogP contribution in [0.3, 0.4) is 0 Å². The van der Waals surface area contributed by atoms with Crippen LogP contribution in [0, 0.1) is 0 Å². The minimum atomic E-state index is -3.14. The van der Waals surface area contributed by atoms with E-state index in [0.717, 1.165) is 23.5 Å². The van der Waals surface area contributed by atoms with E-state index >= 15 is 0 Å². The van der Waals surface area contributed by atoms with Crippen molar-refractivity contribution in [1.29, 1.82) is 0 Å². The molecule has 0 aromatic heterocycles. The highest BCUT2D eigenvalue weighted by molar-refractivity contribution is 7.89. The summed E-state index contributed by atoms with van der Waals surface area (Å²) in [5.41, 5.74) is 2.19. The summed E-state index contributed by atoms with van der Waals surface area (Å²) in [6, 6.07) is 4.10. The molecule has 0 radical (unpaired) electrons. The third-order valence-electron chi connectivity index (χ3n) is 4.40. The Bertz CT molecular complexity index is 780. The molecule has 1 aromatic rings. The Kier molecular flexibility index (Phi) is 8.37. The quantitative estimate of drug-likeness (QED) is 0.305. The Hall–Kier alpha value is -2.00. The number of guanidine groups is 1. The fourth-order valence-electron chi connectivity index (χ4n) is 2.93. The number of nitrogens with zero attached hydrogens (tertiary/aromatic N) is 1. The number of fused-ring (bicyclic) bond motifs is 1. The minimum absolute atomic E-state index is 0.0923. The molecule has 0 saturated carbocycles. The fraction of sp³-hybridized carbons (Fsp3) is 0.632. The molecule has 1 atom stereocenters. The number of benzene rings is 1. The van der Waals surface area contributed by atoms with Crippen LogP contribution in [0.15, 0.2) is 17.1 Å². The van der Waals surface area contributed by atoms with Gasteiger partial charge in [0.1, 0.15) is 17.6 Å². The van der Waals surface area contributed by atoms with Crippen LogP contribution in [0.5, 0.6) is 11.5 Å². The Morgan fingerprint density at radius 1 is 1.29 bits per heavy atom. The first kappa shape index (κ1) is 22.3. The lowest BCUT2D eigenvalue weighted by molar-refractivity contribution is 0.254. The summed E-state index contributed by atoms with van der Waals surface area (Å²) >= 11 is 0. The molecule has 1 aliphatic heterocycles. The number of aliphatic imine (C=N–C) groups is 1. The lowest BCUT2D eigenvalue weighted by atomic mass is 10.1. The highest BCUT2D eigenvalue weighted by atomic mass is 32.2. The number of hydrogen-bond acceptors (Lipinski definition) is 5. The van der Waals surface area contributed by atoms with Gasteiger partial charge in [-0.1, -0.05) is 0 Å². The molecule has 0 aliphatic carbocycles. The first-order valence-corrected chi connectivity index (χ1v) is 11.4. The molecule has 0 amide bonds. The predicted molar refractivity (Wildman–Crippen MR) is 112 cm³/mol. The van der Waals surface area contributed by atoms with Crippen molar-refractivity contribution in [2.45, 2.75) is 46.3 Å². The van der Waals surface area contributed by atoms with Crippen molar-refractivity contribution in [1.82, 2.24) is 15.4 Å². The van der Waals surface area contributed by atoms with E-state index in [4.69, 9.17) is 9.47 Å². The second kappa shape index (κ2) is 10.5. The van der Waals surface area contributed by atoms with Gasteiger partial charge in [0.2, 0.25) is 10.0 Å². The van der Waals surface area contributed by atoms with E-state index in [1.807, 2.05) is 13.0 Å². The normalized spacial score (nSPS) is 16.4. The molecule has 1 aromatic carbocycles. The van der Waals surface area contributed by atoms with Gasteiger partial charge in [-0.2, -0.15) is 0 Å². The van der Waals surface area contributed by atoms with Crippen LogP contribution in [-0.4, -0.2) is 53.0 Å². The molecule has 0 fully saturated rings. The van der Waals surface area contributed by atoms with E-state index in [1.54, 1.807) is 14.0 Å². The second-order valence-electron chi connectivity index (χ2n) is 6.64. The molecular weight excluding hydrogens is 380 g/mol. The molecule has 8 nitrogen and oxygen atoms in total. The number of ether oxygens (including phenoxy) is 2. The lowest BCUT2D eigenvalue weighted by Gasteiger charge is -2.16. The van der Waals surface area contributed by atoms with E-state index < -0.39 is 10.0 Å². The van der Waals surface area contributed by atoms with Gasteiger partial charge in [-0.25, -0.2) is 13.1 Å². The van der Waals surface area contributed by atoms with Gasteiger partial charge in [-0.15, -0.1) is 0 Å². The van der Waals surface area contributed by atoms with Crippen molar-refractivity contribution < 1.29 is 17.9 Å². The van der Waals surface area contributed by atoms with Gasteiger partial charge in [0.25, 0.3) is 0 Å². The van der Waals surface area contributed by atoms with Gasteiger partial charge < -0.3 is 20.1 Å². The van der Waals surface area contributed by atoms with Crippen molar-refractivity contribution in [2.24, 2.45) is 4.99 Å². The van der Waals surface area contributed by atoms with Crippen molar-refractivity contribution in [3.63, 3.8) is 0 Å². The van der Waals surface area contributed by atoms with Crippen LogP contribution in [-0.2, 0) is 23.0 Å². The van der Waals surface area contributed by atoms with Crippen molar-refractivity contribution in [3.8, 4) is 11.5 Å². The van der Waals surface area contributed by atoms with Crippen LogP contribution in [0.25, 0.3) is 0 Å². The molecule has 0 bridgehead atoms. The number of sulfonamides is 1. The molecule has 1 heterocycles. The highest BCUT2D eigenvalue weighted by Crippen LogP contribution is 2.35. The molecular formula is C19H32N4O4S. The number of rotatable bonds is 10. The smallest absolute Gasteiger partial charge is 0.211 e. The molecule has 0 saturated heterocycles. The third-order valence-corrected chi connectivity index (χ3v) is 5.80. The van der Waals surface area contributed by atoms with Crippen LogP contribution in [0.1, 0.15) is 38.3 Å². The predicted octanol–water partition coefficient (Wildman–Crippen LogP) is 1.40. The van der Waals surface area contributed by atoms with Gasteiger partial charge >= 0.3 is 0 Å². The standard InChI is InChI=1S/C19H32N4O4S/c1-5-26-17-11-15-10-14(3)27-18(15)12-16(17)13-22-19(20-4)21-8-7-9-23-28(24,25)6-2/h11-12,14,23H,5-10,13H2,1-4H3,(H2,20,21,22). The molecule has 158 valence electrons. The SMILES string of the molecule is CCOc1cc2c(cc1CNC(=NC)NCCCNS(=O)(=O)CC)OC(C)C2. The summed E-state index contributed by atoms with van der Waals surface area (Å²) in [6.45, 7) is 7.80. The van der Waals surface area contributed by atoms with Gasteiger partial charge in [-0.05, 0) is 39.3 Å². The van der Waals surface area contributed by atoms with Crippen LogP contribution in [0.2, 0.25) is 0 Å². The summed E-state index contributed by atoms with van der Waals surface area (Å²) in [5, 5.41) is 6.46. The largest absolute Gasteiger partial charge is 0.494 e. The average molecular weight is 413 g/mol. The monoisotopic (exact) mass is 412 g/mol. The molecule has 3 N–H and O–H groups in total. The van der Waals surface area contributed by atoms with Crippen LogP contribution in [0.4, 0.5) is 0 Å². The summed E-state index contributed by atoms with van der Waals surface area (Å²) in [5.74, 6) is 2.51. The maximum atomic E-state index is 11.4. The summed E-state index contributed by atoms with van der Waals surface area (Å²) < 4.78 is 37.0. The van der Waals surface area contributed by atoms with E-state index in [9.17, 15) is 8.42 Å². The topological polar surface area (TPSA) is 101 Å². The average Bonchev–Trinajstić information content (AvgIpc) is 3.02. The lowest BCUT2D eigenvalue weighted by Crippen LogP contribution is -2.38. The van der Waals surface area contributed by atoms with Gasteiger partial charge in [0, 0.05) is 44.2 Å². The van der Waals surface area contributed by atoms with Gasteiger partial charge in [-0.3, -0.25) is 4.99 Å². The third kappa shape index (κ3) is 6.56. The Morgan fingerprint density at radius 3 is 2.75 bits per heavy atom. The zero-order valence-electron chi connectivity index (χ0n) is 17.2. The van der Waals surface area contributed by atoms with E-state index in [-0.39, 0.29) is 11.9 Å². The number of nitrogens with one attached hydrogen (secondary N) is 3. The zero-order chi connectivity index (χ0) is 20.6. The fourth-order valence-corrected chi connectivity index (χ4v) is 3.59. The molecule has 9 heteroatoms. The first-order chi connectivity index (χ1) is 13.4. The second-order valence-corrected chi connectivity index (χ2v) is 8.73. The van der Waals surface area contributed by atoms with Crippen LogP contribution < -0.4 is 24.8 Å². The molecule has 1 unspecified atom stereocenters. The minimum Gasteiger partial charge on any atom is -0.494 e. The Morgan fingerprint density at radius 2 is 2.07 bits per heavy atom. The van der Waals surface area contributed by atoms with E-state index in [1.165, 1.54) is 5.56 Å². The summed E-state index contributed by atoms with van der Waals surface area (Å²) in [4.78, 5) is 4.21. The van der Waals surface area contributed by atoms with Gasteiger partial charge in [0.15, 0.2) is 5.96 Å². The van der Waals surface area contributed by atoms with Crippen molar-refractivity contribution in [2.75, 3.05) is 32.5 Å². The van der Waals surface area contributed by atoms with Gasteiger partial charge in [0.05, 0.1) is 12.4 Å². The van der Waals surface area contributed by atoms with Crippen molar-refractivity contribution in [3.05, 3.63) is 23.3 Å². The zero-order valence-corrected chi connectivity index (χ0v) is 18.0. The van der Waals surface area contributed by atoms with E-state index in [0.29, 0.717) is 38.6 Å². The maximum absolute atomic E-state index is 11.4. The Balaban J connectivity index is 1.87. The molecule has 2 rings (SSSR count). The Labute approximate surface area is 168 Å². The van der Waals surface area contributed by atoms with Crippen LogP contribution >= 0.6 is 0 Å². The first-order valence-electron chi connectivity index (χ1n) is 9.75. The molecule has 0 spiro atoms. The molecule has 28 heavy (non-hydrogen) atoms. The van der Waals surface area contributed by atoms with Crippen molar-refractivity contribution >= 4 is 16.0 Å². The number of hydrogen-bond donors (Lipinski definition) is 3.